The third-order valence-corrected chi connectivity index (χ3v) is 6.93. The largest absolute Gasteiger partial charge is 0.495 e. The van der Waals surface area contributed by atoms with Crippen LogP contribution in [0.5, 0.6) is 11.5 Å². The molecule has 1 N–H and O–H groups in total. The van der Waals surface area contributed by atoms with Gasteiger partial charge in [0, 0.05) is 5.56 Å². The minimum absolute atomic E-state index is 0.0434. The molecule has 0 aliphatic heterocycles. The van der Waals surface area contributed by atoms with Crippen molar-refractivity contribution in [3.05, 3.63) is 114 Å². The van der Waals surface area contributed by atoms with Gasteiger partial charge in [-0.05, 0) is 35.9 Å². The van der Waals surface area contributed by atoms with Gasteiger partial charge in [0.2, 0.25) is 5.91 Å². The molecule has 0 aliphatic rings. The SMILES string of the molecule is COc1ccccc1-n1c(COc2ccccc2-c2ccccc2)nnc1SCC(=O)Nc1ccc(F)c(F)c1F. The van der Waals surface area contributed by atoms with E-state index in [1.807, 2.05) is 72.8 Å². The van der Waals surface area contributed by atoms with Crippen molar-refractivity contribution >= 4 is 23.4 Å². The molecule has 0 radical (unpaired) electrons. The van der Waals surface area contributed by atoms with Gasteiger partial charge in [0.1, 0.15) is 18.1 Å². The van der Waals surface area contributed by atoms with Gasteiger partial charge < -0.3 is 14.8 Å². The van der Waals surface area contributed by atoms with Crippen LogP contribution >= 0.6 is 11.8 Å². The Bertz CT molecular complexity index is 1680. The fourth-order valence-electron chi connectivity index (χ4n) is 4.07. The monoisotopic (exact) mass is 576 g/mol. The maximum Gasteiger partial charge on any atom is 0.234 e. The Kier molecular flexibility index (Phi) is 8.54. The number of amides is 1. The second kappa shape index (κ2) is 12.6. The Labute approximate surface area is 238 Å². The first kappa shape index (κ1) is 27.8. The Morgan fingerprint density at radius 2 is 1.56 bits per heavy atom. The van der Waals surface area contributed by atoms with Crippen LogP contribution in [0.1, 0.15) is 5.82 Å². The van der Waals surface area contributed by atoms with Crippen LogP contribution in [0.4, 0.5) is 18.9 Å². The fourth-order valence-corrected chi connectivity index (χ4v) is 4.84. The molecule has 41 heavy (non-hydrogen) atoms. The molecule has 0 saturated carbocycles. The van der Waals surface area contributed by atoms with Crippen LogP contribution in [0.3, 0.4) is 0 Å². The number of methoxy groups -OCH3 is 1. The van der Waals surface area contributed by atoms with Gasteiger partial charge in [0.15, 0.2) is 28.4 Å². The third-order valence-electron chi connectivity index (χ3n) is 6.00. The van der Waals surface area contributed by atoms with Crippen molar-refractivity contribution in [1.82, 2.24) is 14.8 Å². The summed E-state index contributed by atoms with van der Waals surface area (Å²) in [7, 11) is 1.53. The van der Waals surface area contributed by atoms with Crippen LogP contribution in [-0.2, 0) is 11.4 Å². The van der Waals surface area contributed by atoms with Gasteiger partial charge in [0.25, 0.3) is 0 Å². The van der Waals surface area contributed by atoms with Crippen molar-refractivity contribution in [3.63, 3.8) is 0 Å². The number of aromatic nitrogens is 3. The number of carbonyl (C=O) groups is 1. The number of anilines is 1. The Hall–Kier alpha value is -4.77. The number of nitrogens with one attached hydrogen (secondary N) is 1. The molecule has 208 valence electrons. The molecule has 0 fully saturated rings. The van der Waals surface area contributed by atoms with E-state index in [2.05, 4.69) is 15.5 Å². The van der Waals surface area contributed by atoms with Gasteiger partial charge in [-0.3, -0.25) is 9.36 Å². The molecule has 0 bridgehead atoms. The summed E-state index contributed by atoms with van der Waals surface area (Å²) in [5.41, 5.74) is 2.05. The molecular formula is C30H23F3N4O3S. The lowest BCUT2D eigenvalue weighted by atomic mass is 10.1. The minimum Gasteiger partial charge on any atom is -0.495 e. The summed E-state index contributed by atoms with van der Waals surface area (Å²) in [5, 5.41) is 11.2. The predicted octanol–water partition coefficient (Wildman–Crippen LogP) is 6.67. The average molecular weight is 577 g/mol. The lowest BCUT2D eigenvalue weighted by Gasteiger charge is -2.15. The van der Waals surface area contributed by atoms with E-state index in [0.717, 1.165) is 35.0 Å². The van der Waals surface area contributed by atoms with E-state index in [1.165, 1.54) is 7.11 Å². The molecule has 0 aliphatic carbocycles. The maximum atomic E-state index is 14.0. The minimum atomic E-state index is -1.66. The van der Waals surface area contributed by atoms with E-state index >= 15 is 0 Å². The molecule has 0 atom stereocenters. The van der Waals surface area contributed by atoms with Crippen molar-refractivity contribution in [2.24, 2.45) is 0 Å². The fraction of sp³-hybridized carbons (Fsp3) is 0.100. The number of ether oxygens (including phenoxy) is 2. The number of nitrogens with zero attached hydrogens (tertiary/aromatic N) is 3. The van der Waals surface area contributed by atoms with Crippen LogP contribution in [0.25, 0.3) is 16.8 Å². The third kappa shape index (κ3) is 6.20. The molecule has 0 spiro atoms. The van der Waals surface area contributed by atoms with Crippen LogP contribution in [0.2, 0.25) is 0 Å². The summed E-state index contributed by atoms with van der Waals surface area (Å²) in [4.78, 5) is 12.6. The molecule has 11 heteroatoms. The molecule has 1 aromatic heterocycles. The number of hydrogen-bond acceptors (Lipinski definition) is 6. The number of halogens is 3. The Morgan fingerprint density at radius 1 is 0.854 bits per heavy atom. The molecule has 5 aromatic rings. The zero-order valence-corrected chi connectivity index (χ0v) is 22.5. The average Bonchev–Trinajstić information content (AvgIpc) is 3.42. The summed E-state index contributed by atoms with van der Waals surface area (Å²) in [6, 6.07) is 26.4. The predicted molar refractivity (Wildman–Crippen MR) is 150 cm³/mol. The summed E-state index contributed by atoms with van der Waals surface area (Å²) in [5.74, 6) is -3.73. The second-order valence-electron chi connectivity index (χ2n) is 8.62. The quantitative estimate of drug-likeness (QED) is 0.148. The van der Waals surface area contributed by atoms with Gasteiger partial charge >= 0.3 is 0 Å². The van der Waals surface area contributed by atoms with Gasteiger partial charge in [-0.1, -0.05) is 72.4 Å². The summed E-state index contributed by atoms with van der Waals surface area (Å²) in [6.45, 7) is 0.0434. The van der Waals surface area contributed by atoms with Crippen molar-refractivity contribution < 1.29 is 27.4 Å². The first-order valence-corrected chi connectivity index (χ1v) is 13.4. The van der Waals surface area contributed by atoms with E-state index in [9.17, 15) is 18.0 Å². The standard InChI is InChI=1S/C30H23F3N4O3S/c1-39-25-14-8-6-12-23(25)37-26(17-40-24-13-7-5-11-20(24)19-9-3-2-4-10-19)35-36-30(37)41-18-27(38)34-22-16-15-21(31)28(32)29(22)33/h2-16H,17-18H2,1H3,(H,34,38). The van der Waals surface area contributed by atoms with Crippen LogP contribution < -0.4 is 14.8 Å². The van der Waals surface area contributed by atoms with E-state index in [-0.39, 0.29) is 12.4 Å². The maximum absolute atomic E-state index is 14.0. The summed E-state index contributed by atoms with van der Waals surface area (Å²) >= 11 is 1.02. The lowest BCUT2D eigenvalue weighted by molar-refractivity contribution is -0.113. The summed E-state index contributed by atoms with van der Waals surface area (Å²) < 4.78 is 54.3. The molecule has 7 nitrogen and oxygen atoms in total. The first-order valence-electron chi connectivity index (χ1n) is 12.4. The number of carbonyl (C=O) groups excluding carboxylic acids is 1. The van der Waals surface area contributed by atoms with Crippen LogP contribution in [0, 0.1) is 17.5 Å². The highest BCUT2D eigenvalue weighted by Gasteiger charge is 2.21. The van der Waals surface area contributed by atoms with Crippen molar-refractivity contribution in [2.75, 3.05) is 18.2 Å². The topological polar surface area (TPSA) is 78.3 Å². The van der Waals surface area contributed by atoms with E-state index < -0.39 is 29.0 Å². The molecule has 1 heterocycles. The van der Waals surface area contributed by atoms with Crippen LogP contribution in [-0.4, -0.2) is 33.5 Å². The van der Waals surface area contributed by atoms with Gasteiger partial charge in [0.05, 0.1) is 24.2 Å². The van der Waals surface area contributed by atoms with E-state index in [4.69, 9.17) is 9.47 Å². The summed E-state index contributed by atoms with van der Waals surface area (Å²) in [6.07, 6.45) is 0. The molecule has 4 aromatic carbocycles. The van der Waals surface area contributed by atoms with Crippen molar-refractivity contribution in [3.8, 4) is 28.3 Å². The van der Waals surface area contributed by atoms with Gasteiger partial charge in [-0.2, -0.15) is 0 Å². The van der Waals surface area contributed by atoms with E-state index in [1.54, 1.807) is 10.6 Å². The Morgan fingerprint density at radius 3 is 2.34 bits per heavy atom. The smallest absolute Gasteiger partial charge is 0.234 e. The zero-order valence-electron chi connectivity index (χ0n) is 21.7. The molecular weight excluding hydrogens is 553 g/mol. The number of hydrogen-bond donors (Lipinski definition) is 1. The second-order valence-corrected chi connectivity index (χ2v) is 9.56. The number of para-hydroxylation sites is 3. The van der Waals surface area contributed by atoms with Crippen molar-refractivity contribution in [2.45, 2.75) is 11.8 Å². The highest BCUT2D eigenvalue weighted by Crippen LogP contribution is 2.32. The number of thioether (sulfide) groups is 1. The molecule has 1 amide bonds. The van der Waals surface area contributed by atoms with E-state index in [0.29, 0.717) is 28.2 Å². The Balaban J connectivity index is 1.40. The molecule has 0 saturated heterocycles. The van der Waals surface area contributed by atoms with Gasteiger partial charge in [-0.25, -0.2) is 13.2 Å². The zero-order chi connectivity index (χ0) is 28.8. The molecule has 5 rings (SSSR count). The number of rotatable bonds is 10. The first-order chi connectivity index (χ1) is 20.0. The van der Waals surface area contributed by atoms with Crippen molar-refractivity contribution in [1.29, 1.82) is 0 Å². The highest BCUT2D eigenvalue weighted by atomic mass is 32.2. The van der Waals surface area contributed by atoms with Gasteiger partial charge in [-0.15, -0.1) is 10.2 Å². The normalized spacial score (nSPS) is 10.8. The highest BCUT2D eigenvalue weighted by molar-refractivity contribution is 7.99. The van der Waals surface area contributed by atoms with Crippen LogP contribution in [0.15, 0.2) is 96.2 Å². The molecule has 0 unspecified atom stereocenters. The number of benzene rings is 4. The lowest BCUT2D eigenvalue weighted by Crippen LogP contribution is -2.16.